The Morgan fingerprint density at radius 2 is 1.85 bits per heavy atom. The van der Waals surface area contributed by atoms with Crippen molar-refractivity contribution in [1.29, 1.82) is 0 Å². The average Bonchev–Trinajstić information content (AvgIpc) is 2.99. The van der Waals surface area contributed by atoms with Crippen molar-refractivity contribution >= 4 is 17.5 Å². The number of likely N-dealkylation sites (tertiary alicyclic amines) is 1. The van der Waals surface area contributed by atoms with Crippen molar-refractivity contribution in [2.75, 3.05) is 13.1 Å². The number of hydrogen-bond donors (Lipinski definition) is 0. The van der Waals surface area contributed by atoms with E-state index >= 15 is 0 Å². The second-order valence-electron chi connectivity index (χ2n) is 8.87. The van der Waals surface area contributed by atoms with Gasteiger partial charge in [0, 0.05) is 49.0 Å². The van der Waals surface area contributed by atoms with E-state index in [1.165, 1.54) is 0 Å². The molecule has 1 aliphatic carbocycles. The Kier molecular flexibility index (Phi) is 6.18. The van der Waals surface area contributed by atoms with Crippen LogP contribution in [0.15, 0.2) is 66.2 Å². The molecule has 3 heterocycles. The molecule has 1 aliphatic heterocycles. The van der Waals surface area contributed by atoms with Gasteiger partial charge >= 0.3 is 0 Å². The lowest BCUT2D eigenvalue weighted by molar-refractivity contribution is -0.131. The molecule has 0 N–H and O–H groups in total. The number of hydrogen-bond acceptors (Lipinski definition) is 5. The maximum atomic E-state index is 12.9. The fourth-order valence-electron chi connectivity index (χ4n) is 5.33. The van der Waals surface area contributed by atoms with E-state index in [9.17, 15) is 9.70 Å². The Balaban J connectivity index is 1.41. The molecule has 33 heavy (non-hydrogen) atoms. The summed E-state index contributed by atoms with van der Waals surface area (Å²) in [4.78, 5) is 35.4. The summed E-state index contributed by atoms with van der Waals surface area (Å²) < 4.78 is 0. The Hall–Kier alpha value is -3.12. The van der Waals surface area contributed by atoms with E-state index in [2.05, 4.69) is 10.2 Å². The summed E-state index contributed by atoms with van der Waals surface area (Å²) in [6, 6.07) is 13.1. The minimum atomic E-state index is -0.478. The summed E-state index contributed by atoms with van der Waals surface area (Å²) in [5.74, 6) is 0.517. The van der Waals surface area contributed by atoms with Gasteiger partial charge in [0.15, 0.2) is 0 Å². The van der Waals surface area contributed by atoms with E-state index in [1.807, 2.05) is 53.6 Å². The fourth-order valence-corrected chi connectivity index (χ4v) is 5.51. The summed E-state index contributed by atoms with van der Waals surface area (Å²) >= 11 is 6.31. The van der Waals surface area contributed by atoms with E-state index in [-0.39, 0.29) is 11.8 Å². The van der Waals surface area contributed by atoms with Crippen LogP contribution < -0.4 is 0 Å². The maximum absolute atomic E-state index is 12.9. The van der Waals surface area contributed by atoms with Gasteiger partial charge in [0.1, 0.15) is 6.04 Å². The monoisotopic (exact) mass is 460 g/mol. The molecule has 6 nitrogen and oxygen atoms in total. The Labute approximate surface area is 198 Å². The van der Waals surface area contributed by atoms with E-state index in [0.717, 1.165) is 40.8 Å². The molecule has 0 bridgehead atoms. The molecule has 2 aliphatic rings. The van der Waals surface area contributed by atoms with Crippen LogP contribution in [-0.2, 0) is 17.6 Å². The van der Waals surface area contributed by atoms with Crippen molar-refractivity contribution in [3.05, 3.63) is 98.9 Å². The highest BCUT2D eigenvalue weighted by Gasteiger charge is 2.37. The van der Waals surface area contributed by atoms with Crippen molar-refractivity contribution < 1.29 is 4.79 Å². The lowest BCUT2D eigenvalue weighted by atomic mass is 9.76. The number of rotatable bonds is 4. The predicted octanol–water partition coefficient (Wildman–Crippen LogP) is 5.11. The van der Waals surface area contributed by atoms with Crippen LogP contribution in [0, 0.1) is 10.8 Å². The van der Waals surface area contributed by atoms with Crippen molar-refractivity contribution in [1.82, 2.24) is 14.9 Å². The highest BCUT2D eigenvalue weighted by Crippen LogP contribution is 2.45. The van der Waals surface area contributed by atoms with Crippen LogP contribution in [0.2, 0.25) is 5.02 Å². The lowest BCUT2D eigenvalue weighted by Gasteiger charge is -2.37. The molecule has 0 radical (unpaired) electrons. The number of fused-ring (bicyclic) bond motifs is 2. The first kappa shape index (κ1) is 21.7. The number of piperidine rings is 1. The van der Waals surface area contributed by atoms with E-state index < -0.39 is 6.04 Å². The van der Waals surface area contributed by atoms with Gasteiger partial charge in [-0.2, -0.15) is 4.91 Å². The molecule has 0 spiro atoms. The van der Waals surface area contributed by atoms with Crippen LogP contribution in [0.3, 0.4) is 0 Å². The van der Waals surface area contributed by atoms with E-state index in [1.54, 1.807) is 12.4 Å². The van der Waals surface area contributed by atoms with Crippen LogP contribution in [0.25, 0.3) is 0 Å². The van der Waals surface area contributed by atoms with Crippen LogP contribution in [-0.4, -0.2) is 33.9 Å². The third kappa shape index (κ3) is 4.40. The van der Waals surface area contributed by atoms with Gasteiger partial charge in [0.05, 0.1) is 12.1 Å². The number of pyridine rings is 2. The fraction of sp³-hybridized carbons (Fsp3) is 0.346. The summed E-state index contributed by atoms with van der Waals surface area (Å²) in [7, 11) is 0. The normalized spacial score (nSPS) is 20.5. The van der Waals surface area contributed by atoms with E-state index in [4.69, 9.17) is 16.6 Å². The van der Waals surface area contributed by atoms with Crippen molar-refractivity contribution in [2.45, 2.75) is 37.6 Å². The Morgan fingerprint density at radius 3 is 2.61 bits per heavy atom. The van der Waals surface area contributed by atoms with E-state index in [0.29, 0.717) is 36.9 Å². The zero-order chi connectivity index (χ0) is 22.8. The van der Waals surface area contributed by atoms with Gasteiger partial charge < -0.3 is 4.90 Å². The number of benzene rings is 1. The molecule has 1 amide bonds. The van der Waals surface area contributed by atoms with Crippen LogP contribution >= 0.6 is 11.6 Å². The zero-order valence-corrected chi connectivity index (χ0v) is 19.0. The highest BCUT2D eigenvalue weighted by molar-refractivity contribution is 6.30. The number of nitrogens with zero attached hydrogens (tertiary/aromatic N) is 4. The number of halogens is 1. The van der Waals surface area contributed by atoms with Gasteiger partial charge in [-0.25, -0.2) is 0 Å². The van der Waals surface area contributed by atoms with Crippen LogP contribution in [0.5, 0.6) is 0 Å². The number of carbonyl (C=O) groups is 1. The third-order valence-electron chi connectivity index (χ3n) is 6.97. The van der Waals surface area contributed by atoms with Crippen molar-refractivity contribution in [2.24, 2.45) is 11.1 Å². The molecule has 3 aromatic rings. The molecule has 1 saturated heterocycles. The minimum Gasteiger partial charge on any atom is -0.342 e. The zero-order valence-electron chi connectivity index (χ0n) is 18.2. The molecule has 5 rings (SSSR count). The summed E-state index contributed by atoms with van der Waals surface area (Å²) in [6.45, 7) is 1.43. The molecule has 168 valence electrons. The first-order valence-corrected chi connectivity index (χ1v) is 11.7. The highest BCUT2D eigenvalue weighted by atomic mass is 35.5. The molecule has 2 aromatic heterocycles. The number of amides is 1. The standard InChI is InChI=1S/C26H25ClN4O2/c27-20-3-4-21-22(16-20)23(30-33)15-19-2-1-9-29-26(19)25(21)18-7-12-31(13-8-18)24(32)14-17-5-10-28-11-6-17/h1-6,9-11,16,18,23,25H,7-8,12-15H2. The summed E-state index contributed by atoms with van der Waals surface area (Å²) in [5, 5.41) is 4.06. The first-order valence-electron chi connectivity index (χ1n) is 11.4. The van der Waals surface area contributed by atoms with Crippen molar-refractivity contribution in [3.63, 3.8) is 0 Å². The number of aromatic nitrogens is 2. The molecular weight excluding hydrogens is 436 g/mol. The Morgan fingerprint density at radius 1 is 1.06 bits per heavy atom. The largest absolute Gasteiger partial charge is 0.342 e. The molecule has 2 atom stereocenters. The molecular formula is C26H25ClN4O2. The molecule has 1 fully saturated rings. The SMILES string of the molecule is O=NC1Cc2cccnc2C(C2CCN(C(=O)Cc3ccncc3)CC2)c2ccc(Cl)cc21. The lowest BCUT2D eigenvalue weighted by Crippen LogP contribution is -2.40. The van der Waals surface area contributed by atoms with Crippen molar-refractivity contribution in [3.8, 4) is 0 Å². The molecule has 1 aromatic carbocycles. The minimum absolute atomic E-state index is 0.0534. The maximum Gasteiger partial charge on any atom is 0.226 e. The molecule has 2 unspecified atom stereocenters. The Bertz CT molecular complexity index is 1160. The molecule has 0 saturated carbocycles. The number of carbonyl (C=O) groups excluding carboxylic acids is 1. The second kappa shape index (κ2) is 9.40. The third-order valence-corrected chi connectivity index (χ3v) is 7.21. The average molecular weight is 461 g/mol. The quantitative estimate of drug-likeness (QED) is 0.507. The topological polar surface area (TPSA) is 75.5 Å². The van der Waals surface area contributed by atoms with Gasteiger partial charge in [-0.3, -0.25) is 14.8 Å². The smallest absolute Gasteiger partial charge is 0.226 e. The van der Waals surface area contributed by atoms with Gasteiger partial charge in [-0.15, -0.1) is 0 Å². The molecule has 7 heteroatoms. The van der Waals surface area contributed by atoms with Crippen LogP contribution in [0.4, 0.5) is 0 Å². The predicted molar refractivity (Wildman–Crippen MR) is 127 cm³/mol. The summed E-state index contributed by atoms with van der Waals surface area (Å²) in [6.07, 6.45) is 7.94. The second-order valence-corrected chi connectivity index (χ2v) is 9.31. The van der Waals surface area contributed by atoms with Gasteiger partial charge in [-0.1, -0.05) is 28.9 Å². The summed E-state index contributed by atoms with van der Waals surface area (Å²) in [5.41, 5.74) is 5.06. The first-order chi connectivity index (χ1) is 16.1. The van der Waals surface area contributed by atoms with Crippen LogP contribution in [0.1, 0.15) is 52.7 Å². The van der Waals surface area contributed by atoms with Gasteiger partial charge in [-0.05, 0) is 71.3 Å². The van der Waals surface area contributed by atoms with Gasteiger partial charge in [0.2, 0.25) is 5.91 Å². The van der Waals surface area contributed by atoms with Gasteiger partial charge in [0.25, 0.3) is 0 Å². The number of nitroso groups, excluding NO2 is 1.